The summed E-state index contributed by atoms with van der Waals surface area (Å²) in [6.07, 6.45) is 0.271. The van der Waals surface area contributed by atoms with Crippen molar-refractivity contribution in [1.29, 1.82) is 0 Å². The van der Waals surface area contributed by atoms with Gasteiger partial charge in [0.2, 0.25) is 0 Å². The van der Waals surface area contributed by atoms with E-state index in [-0.39, 0.29) is 18.2 Å². The molecule has 0 aliphatic carbocycles. The van der Waals surface area contributed by atoms with Gasteiger partial charge in [0, 0.05) is 34.2 Å². The molecule has 1 fully saturated rings. The summed E-state index contributed by atoms with van der Waals surface area (Å²) in [4.78, 5) is 25.4. The molecule has 3 aliphatic heterocycles. The van der Waals surface area contributed by atoms with Crippen LogP contribution in [0.3, 0.4) is 0 Å². The molecule has 0 radical (unpaired) electrons. The second-order valence-electron chi connectivity index (χ2n) is 9.89. The average Bonchev–Trinajstić information content (AvgIpc) is 3.49. The molecule has 5 aromatic rings. The Kier molecular flexibility index (Phi) is 3.50. The summed E-state index contributed by atoms with van der Waals surface area (Å²) in [6.45, 7) is 2.09. The van der Waals surface area contributed by atoms with Crippen LogP contribution in [-0.4, -0.2) is 28.3 Å². The molecule has 8 heteroatoms. The van der Waals surface area contributed by atoms with Crippen molar-refractivity contribution in [1.82, 2.24) is 14.5 Å². The van der Waals surface area contributed by atoms with E-state index in [1.54, 1.807) is 7.11 Å². The molecule has 8 rings (SSSR count). The molecule has 0 saturated carbocycles. The molecule has 0 spiro atoms. The molecule has 4 atom stereocenters. The van der Waals surface area contributed by atoms with Gasteiger partial charge in [-0.25, -0.2) is 0 Å². The normalized spacial score (nSPS) is 27.1. The third-order valence-corrected chi connectivity index (χ3v) is 8.34. The minimum atomic E-state index is -0.946. The fraction of sp³-hybridized carbons (Fsp3) is 0.296. The predicted octanol–water partition coefficient (Wildman–Crippen LogP) is 5.42. The van der Waals surface area contributed by atoms with E-state index in [0.29, 0.717) is 11.1 Å². The van der Waals surface area contributed by atoms with Crippen molar-refractivity contribution < 1.29 is 14.3 Å². The van der Waals surface area contributed by atoms with Crippen LogP contribution in [0.15, 0.2) is 53.7 Å². The Labute approximate surface area is 199 Å². The SMILES string of the molecule is CO[C@@H]1CC[C@H]2O[C@]1(C)n1c3ccccc3c3c4c(c5c6ccccc6n2c5c31)C(=O)N[C@H]4N=O. The molecule has 2 aromatic heterocycles. The van der Waals surface area contributed by atoms with E-state index in [2.05, 4.69) is 38.7 Å². The number of nitrogens with zero attached hydrogens (tertiary/aromatic N) is 3. The predicted molar refractivity (Wildman–Crippen MR) is 132 cm³/mol. The van der Waals surface area contributed by atoms with Crippen molar-refractivity contribution >= 4 is 49.5 Å². The van der Waals surface area contributed by atoms with Crippen LogP contribution in [-0.2, 0) is 15.2 Å². The molecule has 174 valence electrons. The lowest BCUT2D eigenvalue weighted by Gasteiger charge is -2.44. The molecular formula is C27H22N4O4. The number of carbonyl (C=O) groups is 1. The number of carbonyl (C=O) groups excluding carboxylic acids is 1. The first-order valence-electron chi connectivity index (χ1n) is 11.9. The fourth-order valence-electron chi connectivity index (χ4n) is 7.05. The summed E-state index contributed by atoms with van der Waals surface area (Å²) < 4.78 is 17.5. The number of benzene rings is 3. The van der Waals surface area contributed by atoms with Gasteiger partial charge in [-0.1, -0.05) is 36.4 Å². The highest BCUT2D eigenvalue weighted by molar-refractivity contribution is 6.31. The number of hydrogen-bond acceptors (Lipinski definition) is 5. The third-order valence-electron chi connectivity index (χ3n) is 8.34. The van der Waals surface area contributed by atoms with Gasteiger partial charge >= 0.3 is 0 Å². The summed E-state index contributed by atoms with van der Waals surface area (Å²) in [5, 5.41) is 9.83. The average molecular weight is 466 g/mol. The maximum absolute atomic E-state index is 13.4. The van der Waals surface area contributed by atoms with Crippen molar-refractivity contribution in [3.05, 3.63) is 64.6 Å². The van der Waals surface area contributed by atoms with Crippen LogP contribution in [0.2, 0.25) is 0 Å². The monoisotopic (exact) mass is 466 g/mol. The Bertz CT molecular complexity index is 1780. The first-order valence-corrected chi connectivity index (χ1v) is 11.9. The van der Waals surface area contributed by atoms with E-state index in [1.165, 1.54) is 0 Å². The number of nitrogens with one attached hydrogen (secondary N) is 1. The molecule has 1 N–H and O–H groups in total. The number of fused-ring (bicyclic) bond motifs is 13. The summed E-state index contributed by atoms with van der Waals surface area (Å²) >= 11 is 0. The van der Waals surface area contributed by atoms with Gasteiger partial charge in [-0.3, -0.25) is 4.79 Å². The van der Waals surface area contributed by atoms with E-state index in [0.717, 1.165) is 56.5 Å². The van der Waals surface area contributed by atoms with E-state index in [1.807, 2.05) is 36.4 Å². The van der Waals surface area contributed by atoms with Crippen LogP contribution in [0.4, 0.5) is 0 Å². The zero-order valence-corrected chi connectivity index (χ0v) is 19.2. The topological polar surface area (TPSA) is 86.8 Å². The van der Waals surface area contributed by atoms with Crippen molar-refractivity contribution in [2.45, 2.75) is 44.0 Å². The van der Waals surface area contributed by atoms with E-state index >= 15 is 0 Å². The van der Waals surface area contributed by atoms with Gasteiger partial charge in [0.15, 0.2) is 11.9 Å². The Balaban J connectivity index is 1.76. The summed E-state index contributed by atoms with van der Waals surface area (Å²) in [5.74, 6) is -0.264. The van der Waals surface area contributed by atoms with Gasteiger partial charge < -0.3 is 23.9 Å². The largest absolute Gasteiger partial charge is 0.376 e. The van der Waals surface area contributed by atoms with E-state index in [9.17, 15) is 9.70 Å². The van der Waals surface area contributed by atoms with Crippen LogP contribution < -0.4 is 5.32 Å². The molecule has 5 heterocycles. The lowest BCUT2D eigenvalue weighted by Crippen LogP contribution is -2.49. The van der Waals surface area contributed by atoms with Gasteiger partial charge in [0.1, 0.15) is 12.3 Å². The maximum atomic E-state index is 13.4. The van der Waals surface area contributed by atoms with Crippen LogP contribution in [0.25, 0.3) is 43.6 Å². The highest BCUT2D eigenvalue weighted by Crippen LogP contribution is 2.54. The van der Waals surface area contributed by atoms with Crippen LogP contribution in [0.1, 0.15) is 48.1 Å². The van der Waals surface area contributed by atoms with Crippen LogP contribution in [0.5, 0.6) is 0 Å². The second kappa shape index (κ2) is 6.27. The summed E-state index contributed by atoms with van der Waals surface area (Å²) in [7, 11) is 1.73. The number of aromatic nitrogens is 2. The first kappa shape index (κ1) is 19.5. The zero-order valence-electron chi connectivity index (χ0n) is 19.2. The number of para-hydroxylation sites is 2. The first-order chi connectivity index (χ1) is 17.1. The Morgan fingerprint density at radius 1 is 1.03 bits per heavy atom. The Hall–Kier alpha value is -3.75. The molecule has 1 saturated heterocycles. The highest BCUT2D eigenvalue weighted by atomic mass is 16.6. The number of amides is 1. The number of ether oxygens (including phenoxy) is 2. The van der Waals surface area contributed by atoms with E-state index in [4.69, 9.17) is 9.47 Å². The quantitative estimate of drug-likeness (QED) is 0.352. The smallest absolute Gasteiger partial charge is 0.254 e. The molecule has 1 amide bonds. The Morgan fingerprint density at radius 2 is 1.74 bits per heavy atom. The standard InChI is InChI=1S/C27H22N4O4/c1-27-17(34-2)11-12-18(35-27)30-15-9-5-3-7-13(15)20-22-21(25(29-33)28-26(22)32)19-14-8-4-6-10-16(14)31(27)24(19)23(20)30/h3-10,17-18,25H,11-12H2,1-2H3,(H,28,32)/t17-,18-,25+,27+/m1/s1. The zero-order chi connectivity index (χ0) is 23.6. The van der Waals surface area contributed by atoms with Gasteiger partial charge in [-0.15, -0.1) is 4.91 Å². The highest BCUT2D eigenvalue weighted by Gasteiger charge is 2.50. The van der Waals surface area contributed by atoms with Crippen LogP contribution >= 0.6 is 0 Å². The lowest BCUT2D eigenvalue weighted by molar-refractivity contribution is -0.247. The molecule has 3 aromatic carbocycles. The molecular weight excluding hydrogens is 444 g/mol. The minimum Gasteiger partial charge on any atom is -0.376 e. The van der Waals surface area contributed by atoms with Crippen molar-refractivity contribution in [3.8, 4) is 0 Å². The van der Waals surface area contributed by atoms with Gasteiger partial charge in [0.05, 0.1) is 27.6 Å². The van der Waals surface area contributed by atoms with Crippen molar-refractivity contribution in [2.75, 3.05) is 7.11 Å². The lowest BCUT2D eigenvalue weighted by atomic mass is 9.95. The molecule has 2 bridgehead atoms. The summed E-state index contributed by atoms with van der Waals surface area (Å²) in [6, 6.07) is 16.2. The number of methoxy groups -OCH3 is 1. The summed E-state index contributed by atoms with van der Waals surface area (Å²) in [5.41, 5.74) is 4.30. The number of rotatable bonds is 2. The van der Waals surface area contributed by atoms with Crippen molar-refractivity contribution in [3.63, 3.8) is 0 Å². The Morgan fingerprint density at radius 3 is 2.49 bits per heavy atom. The molecule has 35 heavy (non-hydrogen) atoms. The molecule has 0 unspecified atom stereocenters. The number of hydrogen-bond donors (Lipinski definition) is 1. The number of nitroso groups, excluding NO2 is 1. The fourth-order valence-corrected chi connectivity index (χ4v) is 7.05. The van der Waals surface area contributed by atoms with Gasteiger partial charge in [-0.2, -0.15) is 0 Å². The van der Waals surface area contributed by atoms with E-state index < -0.39 is 11.9 Å². The third kappa shape index (κ3) is 2.06. The van der Waals surface area contributed by atoms with Gasteiger partial charge in [0.25, 0.3) is 5.91 Å². The van der Waals surface area contributed by atoms with Crippen LogP contribution in [0, 0.1) is 4.91 Å². The second-order valence-corrected chi connectivity index (χ2v) is 9.89. The molecule has 8 nitrogen and oxygen atoms in total. The minimum absolute atomic E-state index is 0.170. The van der Waals surface area contributed by atoms with Gasteiger partial charge in [-0.05, 0) is 37.1 Å². The van der Waals surface area contributed by atoms with Crippen molar-refractivity contribution in [2.24, 2.45) is 5.18 Å². The maximum Gasteiger partial charge on any atom is 0.254 e. The molecule has 3 aliphatic rings.